The number of hydrogen-bond acceptors (Lipinski definition) is 6. The molecule has 680 valence electrons. The molecule has 0 N–H and O–H groups in total. The number of fused-ring (bicyclic) bond motifs is 25. The Hall–Kier alpha value is -18.2. The molecule has 0 atom stereocenters. The molecule has 6 nitrogen and oxygen atoms in total. The number of aromatic nitrogens is 3. The van der Waals surface area contributed by atoms with Crippen molar-refractivity contribution in [1.82, 2.24) is 13.7 Å². The normalized spacial score (nSPS) is 11.7. The highest BCUT2D eigenvalue weighted by molar-refractivity contribution is 7.28. The second kappa shape index (κ2) is 35.5. The van der Waals surface area contributed by atoms with E-state index in [1.807, 2.05) is 34.0 Å². The summed E-state index contributed by atoms with van der Waals surface area (Å²) in [6, 6.07) is 194. The zero-order valence-corrected chi connectivity index (χ0v) is 81.2. The molecule has 24 aromatic carbocycles. The molecule has 0 spiro atoms. The molecular weight excluding hydrogens is 1810 g/mol. The van der Waals surface area contributed by atoms with E-state index < -0.39 is 0 Å². The fourth-order valence-corrected chi connectivity index (χ4v) is 26.6. The molecule has 6 aromatic heterocycles. The van der Waals surface area contributed by atoms with Crippen LogP contribution in [-0.2, 0) is 0 Å². The van der Waals surface area contributed by atoms with Gasteiger partial charge in [-0.15, -0.1) is 34.0 Å². The van der Waals surface area contributed by atoms with Crippen molar-refractivity contribution in [2.75, 3.05) is 14.7 Å². The Kier molecular flexibility index (Phi) is 20.8. The summed E-state index contributed by atoms with van der Waals surface area (Å²) in [5.74, 6) is 0. The first-order valence-corrected chi connectivity index (χ1v) is 51.9. The van der Waals surface area contributed by atoms with Gasteiger partial charge in [0.2, 0.25) is 0 Å². The molecule has 0 unspecified atom stereocenters. The molecule has 0 aliphatic carbocycles. The van der Waals surface area contributed by atoms with Crippen LogP contribution in [-0.4, -0.2) is 13.7 Å². The van der Waals surface area contributed by atoms with Gasteiger partial charge in [0.05, 0.1) is 95.4 Å². The fourth-order valence-electron chi connectivity index (χ4n) is 22.7. The van der Waals surface area contributed by atoms with Gasteiger partial charge in [0, 0.05) is 82.6 Å². The van der Waals surface area contributed by atoms with Crippen LogP contribution in [0.1, 0.15) is 0 Å². The smallest absolute Gasteiger partial charge is 0.0728 e. The quantitative estimate of drug-likeness (QED) is 0.101. The van der Waals surface area contributed by atoms with Crippen LogP contribution in [0.2, 0.25) is 0 Å². The highest BCUT2D eigenvalue weighted by Crippen LogP contribution is 2.56. The first kappa shape index (κ1) is 84.8. The van der Waals surface area contributed by atoms with Crippen molar-refractivity contribution >= 4 is 254 Å². The van der Waals surface area contributed by atoms with Crippen LogP contribution in [0.15, 0.2) is 534 Å². The Morgan fingerprint density at radius 2 is 0.393 bits per heavy atom. The maximum atomic E-state index is 2.49. The molecule has 0 saturated carbocycles. The first-order chi connectivity index (χ1) is 72.0. The number of thiophene rings is 3. The van der Waals surface area contributed by atoms with Crippen LogP contribution in [0.25, 0.3) is 208 Å². The molecular formula is C136H88N6S3. The Bertz CT molecular complexity index is 10300. The van der Waals surface area contributed by atoms with Gasteiger partial charge in [-0.2, -0.15) is 0 Å². The van der Waals surface area contributed by atoms with Crippen LogP contribution in [0, 0.1) is 0 Å². The minimum atomic E-state index is 1.12. The minimum absolute atomic E-state index is 1.12. The molecule has 145 heavy (non-hydrogen) atoms. The molecule has 0 fully saturated rings. The third kappa shape index (κ3) is 14.2. The van der Waals surface area contributed by atoms with E-state index in [2.05, 4.69) is 562 Å². The lowest BCUT2D eigenvalue weighted by Crippen LogP contribution is -2.11. The van der Waals surface area contributed by atoms with Gasteiger partial charge < -0.3 is 28.4 Å². The molecule has 0 aliphatic heterocycles. The second-order valence-electron chi connectivity index (χ2n) is 37.2. The summed E-state index contributed by atoms with van der Waals surface area (Å²) < 4.78 is 15.1. The molecule has 0 amide bonds. The lowest BCUT2D eigenvalue weighted by molar-refractivity contribution is 1.19. The van der Waals surface area contributed by atoms with E-state index in [4.69, 9.17) is 0 Å². The van der Waals surface area contributed by atoms with Gasteiger partial charge >= 0.3 is 0 Å². The lowest BCUT2D eigenvalue weighted by atomic mass is 9.97. The SMILES string of the molecule is c1ccc(-c2ccc(N(c3cc4ccccc4c4ccccc34)c3cccc4c3sc3c5ccccc5n(-c5ccccc5)c43)cc2)cc1.c1ccc(-n2c3ccccc3c3sc4c(N(c5ccc(-c6cccc7ccccc67)cc5)c5cc6ccccc6c6ccccc56)cccc4c32)cc1.c1ccc(N(c2cc3ccccc3c3ccccc23)c2cccc3c2sc2c4ccccc4n(-c4ccccc4)c32)cc1. The zero-order chi connectivity index (χ0) is 95.5. The molecule has 30 aromatic rings. The number of para-hydroxylation sites is 7. The molecule has 9 heteroatoms. The van der Waals surface area contributed by atoms with Crippen molar-refractivity contribution in [2.24, 2.45) is 0 Å². The van der Waals surface area contributed by atoms with E-state index in [0.717, 1.165) is 17.1 Å². The monoisotopic (exact) mass is 1900 g/mol. The molecule has 0 radical (unpaired) electrons. The summed E-state index contributed by atoms with van der Waals surface area (Å²) >= 11 is 5.69. The summed E-state index contributed by atoms with van der Waals surface area (Å²) in [7, 11) is 0. The Morgan fingerprint density at radius 1 is 0.145 bits per heavy atom. The molecule has 0 saturated heterocycles. The van der Waals surface area contributed by atoms with Gasteiger partial charge in [0.1, 0.15) is 0 Å². The minimum Gasteiger partial charge on any atom is -0.308 e. The van der Waals surface area contributed by atoms with Gasteiger partial charge in [-0.1, -0.05) is 406 Å². The van der Waals surface area contributed by atoms with Crippen LogP contribution >= 0.6 is 34.0 Å². The van der Waals surface area contributed by atoms with E-state index in [0.29, 0.717) is 0 Å². The molecule has 0 bridgehead atoms. The van der Waals surface area contributed by atoms with Gasteiger partial charge in [0.15, 0.2) is 0 Å². The Morgan fingerprint density at radius 3 is 0.752 bits per heavy atom. The number of hydrogen-bond donors (Lipinski definition) is 0. The second-order valence-corrected chi connectivity index (χ2v) is 40.2. The molecule has 6 heterocycles. The summed E-state index contributed by atoms with van der Waals surface area (Å²) in [6.07, 6.45) is 0. The zero-order valence-electron chi connectivity index (χ0n) is 78.7. The fraction of sp³-hybridized carbons (Fsp3) is 0. The summed E-state index contributed by atoms with van der Waals surface area (Å²) in [6.45, 7) is 0. The van der Waals surface area contributed by atoms with E-state index in [1.165, 1.54) is 242 Å². The van der Waals surface area contributed by atoms with Gasteiger partial charge in [-0.3, -0.25) is 0 Å². The van der Waals surface area contributed by atoms with E-state index in [1.54, 1.807) is 0 Å². The van der Waals surface area contributed by atoms with Crippen LogP contribution in [0.5, 0.6) is 0 Å². The van der Waals surface area contributed by atoms with Crippen LogP contribution in [0.3, 0.4) is 0 Å². The van der Waals surface area contributed by atoms with E-state index in [9.17, 15) is 0 Å². The summed E-state index contributed by atoms with van der Waals surface area (Å²) in [4.78, 5) is 7.44. The third-order valence-electron chi connectivity index (χ3n) is 29.0. The third-order valence-corrected chi connectivity index (χ3v) is 32.8. The highest BCUT2D eigenvalue weighted by atomic mass is 32.1. The standard InChI is InChI=1S/C50H32N2S.C46H30N2S.C40H26N2S/c1-2-17-36(18-3-1)52-45-26-11-10-23-43(45)50-48(52)44-25-13-27-46(49(44)53-50)51(47-32-35-15-5-7-20-40(35)41-21-8-9-22-42(41)47)37-30-28-34(29-31-37)39-24-12-16-33-14-4-6-19-38(33)39;1-3-14-31(15-4-1)32-26-28-35(29-27-32)47(43-30-33-16-7-8-19-36(33)37-20-9-10-21-38(37)43)42-25-13-23-40-44-46(49-45(40)42)39-22-11-12-24-41(39)48(44)34-17-5-2-6-18-34;1-3-15-28(16-4-1)41(37-26-27-14-7-8-19-30(27)31-20-9-10-21-32(31)37)36-25-13-23-34-38-40(43-39(34)36)33-22-11-12-24-35(33)42(38)29-17-5-2-6-18-29/h1-32H;1-30H;1-26H. The summed E-state index contributed by atoms with van der Waals surface area (Å²) in [5, 5.41) is 25.1. The molecule has 0 aliphatic rings. The van der Waals surface area contributed by atoms with Crippen molar-refractivity contribution in [1.29, 1.82) is 0 Å². The topological polar surface area (TPSA) is 24.5 Å². The predicted octanol–water partition coefficient (Wildman–Crippen LogP) is 39.8. The largest absolute Gasteiger partial charge is 0.308 e. The van der Waals surface area contributed by atoms with Crippen molar-refractivity contribution < 1.29 is 0 Å². The first-order valence-electron chi connectivity index (χ1n) is 49.4. The Labute approximate surface area is 849 Å². The van der Waals surface area contributed by atoms with E-state index >= 15 is 0 Å². The predicted molar refractivity (Wildman–Crippen MR) is 626 cm³/mol. The van der Waals surface area contributed by atoms with Crippen molar-refractivity contribution in [3.8, 4) is 39.3 Å². The average Bonchev–Trinajstić information content (AvgIpc) is 1.56. The van der Waals surface area contributed by atoms with Gasteiger partial charge in [-0.05, 0) is 209 Å². The number of nitrogens with zero attached hydrogens (tertiary/aromatic N) is 6. The van der Waals surface area contributed by atoms with Crippen molar-refractivity contribution in [2.45, 2.75) is 0 Å². The van der Waals surface area contributed by atoms with Gasteiger partial charge in [-0.25, -0.2) is 0 Å². The van der Waals surface area contributed by atoms with Crippen molar-refractivity contribution in [3.05, 3.63) is 534 Å². The van der Waals surface area contributed by atoms with Crippen molar-refractivity contribution in [3.63, 3.8) is 0 Å². The number of anilines is 9. The Balaban J connectivity index is 0.000000106. The van der Waals surface area contributed by atoms with Crippen LogP contribution < -0.4 is 14.7 Å². The maximum absolute atomic E-state index is 2.49. The number of benzene rings is 24. The molecule has 30 rings (SSSR count). The maximum Gasteiger partial charge on any atom is 0.0728 e. The summed E-state index contributed by atoms with van der Waals surface area (Å²) in [5.41, 5.74) is 26.3. The lowest BCUT2D eigenvalue weighted by Gasteiger charge is -2.28. The highest BCUT2D eigenvalue weighted by Gasteiger charge is 2.30. The average molecular weight is 1900 g/mol. The number of rotatable bonds is 14. The van der Waals surface area contributed by atoms with Crippen LogP contribution in [0.4, 0.5) is 51.2 Å². The van der Waals surface area contributed by atoms with E-state index in [-0.39, 0.29) is 0 Å². The van der Waals surface area contributed by atoms with Gasteiger partial charge in [0.25, 0.3) is 0 Å².